The minimum absolute atomic E-state index is 0.0332. The highest BCUT2D eigenvalue weighted by Crippen LogP contribution is 2.33. The Morgan fingerprint density at radius 2 is 2.08 bits per heavy atom. The van der Waals surface area contributed by atoms with Crippen LogP contribution in [0.1, 0.15) is 44.6 Å². The molecule has 2 aliphatic rings. The lowest BCUT2D eigenvalue weighted by Crippen LogP contribution is -2.36. The first-order chi connectivity index (χ1) is 12.6. The molecule has 4 atom stereocenters. The second-order valence-electron chi connectivity index (χ2n) is 7.36. The number of unbranched alkanes of at least 4 members (excludes halogenated alkanes) is 1. The van der Waals surface area contributed by atoms with Crippen LogP contribution in [-0.2, 0) is 11.2 Å². The van der Waals surface area contributed by atoms with E-state index in [-0.39, 0.29) is 30.1 Å². The molecule has 0 unspecified atom stereocenters. The van der Waals surface area contributed by atoms with Crippen LogP contribution >= 0.6 is 11.8 Å². The van der Waals surface area contributed by atoms with Gasteiger partial charge in [-0.15, -0.1) is 0 Å². The van der Waals surface area contributed by atoms with Crippen LogP contribution in [0.3, 0.4) is 0 Å². The van der Waals surface area contributed by atoms with E-state index < -0.39 is 0 Å². The van der Waals surface area contributed by atoms with Gasteiger partial charge in [-0.1, -0.05) is 36.8 Å². The molecule has 5 nitrogen and oxygen atoms in total. The van der Waals surface area contributed by atoms with Crippen molar-refractivity contribution in [2.75, 3.05) is 5.75 Å². The quantitative estimate of drug-likeness (QED) is 0.459. The number of fused-ring (bicyclic) bond motifs is 1. The van der Waals surface area contributed by atoms with Gasteiger partial charge in [0.15, 0.2) is 0 Å². The molecular weight excluding hydrogens is 346 g/mol. The summed E-state index contributed by atoms with van der Waals surface area (Å²) < 4.78 is 0. The van der Waals surface area contributed by atoms with Crippen LogP contribution in [0.2, 0.25) is 0 Å². The number of benzene rings is 1. The SMILES string of the molecule is C[C@H](CCc1ccccc1)NC(=O)CCCC[C@@H]1SC[C@@H]2NC(=O)N[C@@H]21. The molecule has 1 aromatic carbocycles. The maximum absolute atomic E-state index is 12.1. The highest BCUT2D eigenvalue weighted by molar-refractivity contribution is 8.00. The zero-order chi connectivity index (χ0) is 18.4. The number of carbonyl (C=O) groups is 2. The van der Waals surface area contributed by atoms with E-state index in [0.717, 1.165) is 37.9 Å². The van der Waals surface area contributed by atoms with Crippen molar-refractivity contribution in [3.63, 3.8) is 0 Å². The smallest absolute Gasteiger partial charge is 0.315 e. The van der Waals surface area contributed by atoms with Gasteiger partial charge in [0.1, 0.15) is 0 Å². The molecule has 3 N–H and O–H groups in total. The number of carbonyl (C=O) groups excluding carboxylic acids is 2. The van der Waals surface area contributed by atoms with Gasteiger partial charge in [0, 0.05) is 23.5 Å². The van der Waals surface area contributed by atoms with Crippen molar-refractivity contribution < 1.29 is 9.59 Å². The Labute approximate surface area is 160 Å². The topological polar surface area (TPSA) is 70.2 Å². The second-order valence-corrected chi connectivity index (χ2v) is 8.63. The summed E-state index contributed by atoms with van der Waals surface area (Å²) in [6.45, 7) is 2.08. The van der Waals surface area contributed by atoms with Gasteiger partial charge in [0.2, 0.25) is 5.91 Å². The molecule has 26 heavy (non-hydrogen) atoms. The largest absolute Gasteiger partial charge is 0.354 e. The highest BCUT2D eigenvalue weighted by Gasteiger charge is 2.42. The first kappa shape index (κ1) is 19.1. The summed E-state index contributed by atoms with van der Waals surface area (Å²) >= 11 is 1.93. The monoisotopic (exact) mass is 375 g/mol. The maximum atomic E-state index is 12.1. The highest BCUT2D eigenvalue weighted by atomic mass is 32.2. The molecule has 3 amide bonds. The van der Waals surface area contributed by atoms with E-state index in [4.69, 9.17) is 0 Å². The minimum Gasteiger partial charge on any atom is -0.354 e. The fourth-order valence-corrected chi connectivity index (χ4v) is 5.26. The van der Waals surface area contributed by atoms with Crippen LogP contribution in [0.4, 0.5) is 4.79 Å². The van der Waals surface area contributed by atoms with E-state index >= 15 is 0 Å². The number of aryl methyl sites for hydroxylation is 1. The first-order valence-electron chi connectivity index (χ1n) is 9.64. The number of thioether (sulfide) groups is 1. The summed E-state index contributed by atoms with van der Waals surface area (Å²) in [5.74, 6) is 1.14. The van der Waals surface area contributed by atoms with Gasteiger partial charge in [0.05, 0.1) is 12.1 Å². The molecule has 1 aromatic rings. The van der Waals surface area contributed by atoms with Crippen LogP contribution in [0, 0.1) is 0 Å². The van der Waals surface area contributed by atoms with E-state index in [9.17, 15) is 9.59 Å². The molecule has 0 bridgehead atoms. The van der Waals surface area contributed by atoms with E-state index in [1.54, 1.807) is 0 Å². The standard InChI is InChI=1S/C20H29N3O2S/c1-14(11-12-15-7-3-2-4-8-15)21-18(24)10-6-5-9-17-19-16(13-26-17)22-20(25)23-19/h2-4,7-8,14,16-17,19H,5-6,9-13H2,1H3,(H,21,24)(H2,22,23,25)/t14-,16+,17+,19+/m1/s1. The molecule has 3 rings (SSSR count). The third-order valence-corrected chi connectivity index (χ3v) is 6.71. The summed E-state index contributed by atoms with van der Waals surface area (Å²) in [5.41, 5.74) is 1.31. The Hall–Kier alpha value is -1.69. The zero-order valence-corrected chi connectivity index (χ0v) is 16.2. The maximum Gasteiger partial charge on any atom is 0.315 e. The molecule has 0 spiro atoms. The summed E-state index contributed by atoms with van der Waals surface area (Å²) in [5, 5.41) is 9.57. The van der Waals surface area contributed by atoms with E-state index in [0.29, 0.717) is 11.7 Å². The van der Waals surface area contributed by atoms with Crippen LogP contribution in [0.15, 0.2) is 30.3 Å². The number of amides is 3. The molecule has 0 radical (unpaired) electrons. The molecule has 2 heterocycles. The Bertz CT molecular complexity index is 610. The summed E-state index contributed by atoms with van der Waals surface area (Å²) in [6.07, 6.45) is 5.54. The number of hydrogen-bond acceptors (Lipinski definition) is 3. The Balaban J connectivity index is 1.26. The average Bonchev–Trinajstić information content (AvgIpc) is 3.17. The van der Waals surface area contributed by atoms with E-state index in [1.165, 1.54) is 5.56 Å². The molecule has 0 aromatic heterocycles. The molecule has 2 aliphatic heterocycles. The first-order valence-corrected chi connectivity index (χ1v) is 10.7. The molecular formula is C20H29N3O2S. The van der Waals surface area contributed by atoms with Crippen molar-refractivity contribution in [3.05, 3.63) is 35.9 Å². The van der Waals surface area contributed by atoms with Crippen molar-refractivity contribution >= 4 is 23.7 Å². The van der Waals surface area contributed by atoms with Gasteiger partial charge < -0.3 is 16.0 Å². The Morgan fingerprint density at radius 3 is 2.88 bits per heavy atom. The van der Waals surface area contributed by atoms with Crippen molar-refractivity contribution in [3.8, 4) is 0 Å². The number of nitrogens with one attached hydrogen (secondary N) is 3. The fraction of sp³-hybridized carbons (Fsp3) is 0.600. The average molecular weight is 376 g/mol. The summed E-state index contributed by atoms with van der Waals surface area (Å²) in [6, 6.07) is 11.1. The van der Waals surface area contributed by atoms with Crippen molar-refractivity contribution in [2.24, 2.45) is 0 Å². The lowest BCUT2D eigenvalue weighted by Gasteiger charge is -2.17. The third-order valence-electron chi connectivity index (χ3n) is 5.20. The van der Waals surface area contributed by atoms with Crippen molar-refractivity contribution in [1.29, 1.82) is 0 Å². The van der Waals surface area contributed by atoms with E-state index in [2.05, 4.69) is 47.1 Å². The van der Waals surface area contributed by atoms with Gasteiger partial charge >= 0.3 is 6.03 Å². The van der Waals surface area contributed by atoms with Gasteiger partial charge in [-0.05, 0) is 38.2 Å². The number of urea groups is 1. The lowest BCUT2D eigenvalue weighted by molar-refractivity contribution is -0.121. The Morgan fingerprint density at radius 1 is 1.27 bits per heavy atom. The molecule has 6 heteroatoms. The van der Waals surface area contributed by atoms with Crippen LogP contribution in [0.25, 0.3) is 0 Å². The molecule has 2 saturated heterocycles. The predicted octanol–water partition coefficient (Wildman–Crippen LogP) is 2.85. The molecule has 2 fully saturated rings. The van der Waals surface area contributed by atoms with Gasteiger partial charge in [-0.2, -0.15) is 11.8 Å². The lowest BCUT2D eigenvalue weighted by atomic mass is 10.0. The van der Waals surface area contributed by atoms with Crippen molar-refractivity contribution in [2.45, 2.75) is 68.8 Å². The molecule has 142 valence electrons. The van der Waals surface area contributed by atoms with E-state index in [1.807, 2.05) is 17.8 Å². The fourth-order valence-electron chi connectivity index (χ4n) is 3.72. The van der Waals surface area contributed by atoms with Crippen LogP contribution in [0.5, 0.6) is 0 Å². The number of rotatable bonds is 9. The normalized spacial score (nSPS) is 25.3. The molecule has 0 aliphatic carbocycles. The van der Waals surface area contributed by atoms with Gasteiger partial charge in [-0.3, -0.25) is 4.79 Å². The van der Waals surface area contributed by atoms with Crippen LogP contribution < -0.4 is 16.0 Å². The summed E-state index contributed by atoms with van der Waals surface area (Å²) in [4.78, 5) is 23.5. The summed E-state index contributed by atoms with van der Waals surface area (Å²) in [7, 11) is 0. The Kier molecular flexibility index (Phi) is 6.83. The number of hydrogen-bond donors (Lipinski definition) is 3. The van der Waals surface area contributed by atoms with Crippen molar-refractivity contribution in [1.82, 2.24) is 16.0 Å². The molecule has 0 saturated carbocycles. The minimum atomic E-state index is -0.0332. The third kappa shape index (κ3) is 5.40. The predicted molar refractivity (Wildman–Crippen MR) is 106 cm³/mol. The second kappa shape index (κ2) is 9.31. The zero-order valence-electron chi connectivity index (χ0n) is 15.4. The van der Waals surface area contributed by atoms with Gasteiger partial charge in [0.25, 0.3) is 0 Å². The van der Waals surface area contributed by atoms with Gasteiger partial charge in [-0.25, -0.2) is 4.79 Å². The van der Waals surface area contributed by atoms with Crippen LogP contribution in [-0.4, -0.2) is 41.1 Å².